The number of H-pyrrole nitrogens is 2. The highest BCUT2D eigenvalue weighted by Gasteiger charge is 1.94. The molecule has 13 heavy (non-hydrogen) atoms. The third-order valence-corrected chi connectivity index (χ3v) is 1.71. The molecule has 2 nitrogen and oxygen atoms in total. The first-order valence-electron chi connectivity index (χ1n) is 4.70. The van der Waals surface area contributed by atoms with E-state index < -0.39 is 0 Å². The van der Waals surface area contributed by atoms with E-state index >= 15 is 0 Å². The lowest BCUT2D eigenvalue weighted by Gasteiger charge is -1.92. The third-order valence-electron chi connectivity index (χ3n) is 1.71. The summed E-state index contributed by atoms with van der Waals surface area (Å²) in [6.07, 6.45) is 4.84. The molecule has 2 heteroatoms. The second-order valence-corrected chi connectivity index (χ2v) is 2.57. The smallest absolute Gasteiger partial charge is 0.0278 e. The van der Waals surface area contributed by atoms with Gasteiger partial charge in [0.15, 0.2) is 0 Å². The first-order valence-corrected chi connectivity index (χ1v) is 4.70. The molecule has 2 heterocycles. The Morgan fingerprint density at radius 3 is 1.69 bits per heavy atom. The second-order valence-electron chi connectivity index (χ2n) is 2.57. The Morgan fingerprint density at radius 1 is 0.923 bits per heavy atom. The highest BCUT2D eigenvalue weighted by atomic mass is 14.7. The molecule has 0 saturated carbocycles. The number of hydrogen-bond acceptors (Lipinski definition) is 0. The number of aromatic amines is 2. The van der Waals surface area contributed by atoms with Gasteiger partial charge in [-0.1, -0.05) is 13.8 Å². The molecule has 2 aromatic heterocycles. The van der Waals surface area contributed by atoms with Crippen molar-refractivity contribution in [3.05, 3.63) is 48.0 Å². The summed E-state index contributed by atoms with van der Waals surface area (Å²) in [6.45, 7) is 4.00. The molecule has 0 bridgehead atoms. The Bertz CT molecular complexity index is 260. The average molecular weight is 176 g/mol. The quantitative estimate of drug-likeness (QED) is 0.705. The van der Waals surface area contributed by atoms with Crippen LogP contribution in [0.1, 0.15) is 25.2 Å². The van der Waals surface area contributed by atoms with Gasteiger partial charge in [-0.15, -0.1) is 0 Å². The van der Waals surface area contributed by atoms with Crippen molar-refractivity contribution in [1.29, 1.82) is 0 Å². The van der Waals surface area contributed by atoms with E-state index in [1.807, 2.05) is 38.4 Å². The molecule has 0 unspecified atom stereocenters. The molecule has 0 saturated heterocycles. The fourth-order valence-corrected chi connectivity index (χ4v) is 1.16. The van der Waals surface area contributed by atoms with Crippen molar-refractivity contribution in [2.75, 3.05) is 0 Å². The molecular weight excluding hydrogens is 160 g/mol. The monoisotopic (exact) mass is 176 g/mol. The fraction of sp³-hybridized carbons (Fsp3) is 0.273. The minimum Gasteiger partial charge on any atom is -0.365 e. The van der Waals surface area contributed by atoms with Crippen molar-refractivity contribution in [2.24, 2.45) is 0 Å². The van der Waals surface area contributed by atoms with Crippen LogP contribution in [0, 0.1) is 0 Å². The van der Waals surface area contributed by atoms with Crippen molar-refractivity contribution in [2.45, 2.75) is 20.3 Å². The maximum atomic E-state index is 3.16. The summed E-state index contributed by atoms with van der Waals surface area (Å²) in [4.78, 5) is 6.31. The van der Waals surface area contributed by atoms with Crippen LogP contribution in [0.3, 0.4) is 0 Å². The van der Waals surface area contributed by atoms with E-state index in [0.717, 1.165) is 6.42 Å². The van der Waals surface area contributed by atoms with Crippen LogP contribution in [-0.2, 0) is 6.42 Å². The molecule has 0 radical (unpaired) electrons. The maximum Gasteiger partial charge on any atom is 0.0278 e. The summed E-state index contributed by atoms with van der Waals surface area (Å²) in [6, 6.07) is 8.19. The lowest BCUT2D eigenvalue weighted by Crippen LogP contribution is -1.86. The van der Waals surface area contributed by atoms with E-state index in [9.17, 15) is 0 Å². The minimum atomic E-state index is 0.958. The summed E-state index contributed by atoms with van der Waals surface area (Å²) >= 11 is 0. The molecule has 2 rings (SSSR count). The minimum absolute atomic E-state index is 0.958. The number of aromatic nitrogens is 2. The van der Waals surface area contributed by atoms with Gasteiger partial charge in [0.25, 0.3) is 0 Å². The highest BCUT2D eigenvalue weighted by molar-refractivity contribution is 5.15. The summed E-state index contributed by atoms with van der Waals surface area (Å²) in [5.74, 6) is 0. The molecule has 0 aliphatic heterocycles. The fourth-order valence-electron chi connectivity index (χ4n) is 1.16. The van der Waals surface area contributed by atoms with Gasteiger partial charge in [0, 0.05) is 30.2 Å². The van der Waals surface area contributed by atoms with Gasteiger partial charge in [0.05, 0.1) is 0 Å². The molecule has 0 aromatic carbocycles. The lowest BCUT2D eigenvalue weighted by molar-refractivity contribution is 1.05. The van der Waals surface area contributed by atoms with Gasteiger partial charge in [0.1, 0.15) is 0 Å². The molecular formula is C11H16N2. The maximum absolute atomic E-state index is 3.16. The highest BCUT2D eigenvalue weighted by Crippen LogP contribution is 2.03. The number of hydrogen-bond donors (Lipinski definition) is 2. The van der Waals surface area contributed by atoms with E-state index in [-0.39, 0.29) is 0 Å². The molecule has 0 atom stereocenters. The first kappa shape index (κ1) is 9.65. The normalized spacial score (nSPS) is 9.08. The van der Waals surface area contributed by atoms with Gasteiger partial charge in [-0.3, -0.25) is 0 Å². The van der Waals surface area contributed by atoms with Crippen molar-refractivity contribution in [3.8, 4) is 0 Å². The predicted molar refractivity (Wildman–Crippen MR) is 55.7 cm³/mol. The summed E-state index contributed by atoms with van der Waals surface area (Å²) in [5.41, 5.74) is 2.49. The predicted octanol–water partition coefficient (Wildman–Crippen LogP) is 2.96. The Morgan fingerprint density at radius 2 is 1.38 bits per heavy atom. The van der Waals surface area contributed by atoms with E-state index in [0.29, 0.717) is 0 Å². The summed E-state index contributed by atoms with van der Waals surface area (Å²) in [5, 5.41) is 0. The van der Waals surface area contributed by atoms with Gasteiger partial charge in [0.2, 0.25) is 0 Å². The van der Waals surface area contributed by atoms with Crippen LogP contribution in [0.5, 0.6) is 0 Å². The molecule has 2 aromatic rings. The van der Waals surface area contributed by atoms with Gasteiger partial charge >= 0.3 is 0 Å². The van der Waals surface area contributed by atoms with Crippen molar-refractivity contribution in [1.82, 2.24) is 9.97 Å². The van der Waals surface area contributed by atoms with Crippen LogP contribution in [0.15, 0.2) is 36.7 Å². The molecule has 70 valence electrons. The molecule has 0 fully saturated rings. The van der Waals surface area contributed by atoms with E-state index in [1.54, 1.807) is 0 Å². The van der Waals surface area contributed by atoms with E-state index in [2.05, 4.69) is 22.1 Å². The Balaban J connectivity index is 0.000000396. The largest absolute Gasteiger partial charge is 0.365 e. The average Bonchev–Trinajstić information content (AvgIpc) is 2.81. The topological polar surface area (TPSA) is 31.6 Å². The Hall–Kier alpha value is -1.44. The van der Waals surface area contributed by atoms with Crippen LogP contribution >= 0.6 is 0 Å². The van der Waals surface area contributed by atoms with Crippen molar-refractivity contribution < 1.29 is 0 Å². The van der Waals surface area contributed by atoms with Gasteiger partial charge < -0.3 is 9.97 Å². The van der Waals surface area contributed by atoms with Gasteiger partial charge in [-0.2, -0.15) is 0 Å². The lowest BCUT2D eigenvalue weighted by atomic mass is 10.2. The van der Waals surface area contributed by atoms with Crippen LogP contribution in [0.25, 0.3) is 0 Å². The second kappa shape index (κ2) is 5.25. The van der Waals surface area contributed by atoms with Crippen LogP contribution in [0.2, 0.25) is 0 Å². The molecule has 0 spiro atoms. The standard InChI is InChI=1S/C9H10N2.C2H6/c1-3-8(10-5-1)7-9-4-2-6-11-9;1-2/h1-6,10-11H,7H2;1-2H3. The zero-order valence-electron chi connectivity index (χ0n) is 8.17. The number of rotatable bonds is 2. The van der Waals surface area contributed by atoms with Crippen LogP contribution < -0.4 is 0 Å². The van der Waals surface area contributed by atoms with Crippen molar-refractivity contribution in [3.63, 3.8) is 0 Å². The first-order chi connectivity index (χ1) is 6.45. The van der Waals surface area contributed by atoms with E-state index in [4.69, 9.17) is 0 Å². The molecule has 0 aliphatic rings. The summed E-state index contributed by atoms with van der Waals surface area (Å²) in [7, 11) is 0. The van der Waals surface area contributed by atoms with Crippen LogP contribution in [-0.4, -0.2) is 9.97 Å². The Labute approximate surface area is 79.0 Å². The Kier molecular flexibility index (Phi) is 3.89. The zero-order valence-corrected chi connectivity index (χ0v) is 8.17. The van der Waals surface area contributed by atoms with E-state index in [1.165, 1.54) is 11.4 Å². The third kappa shape index (κ3) is 2.82. The van der Waals surface area contributed by atoms with Crippen molar-refractivity contribution >= 4 is 0 Å². The SMILES string of the molecule is CC.c1c[nH]c(Cc2ccc[nH]2)c1. The number of nitrogens with one attached hydrogen (secondary N) is 2. The molecule has 0 aliphatic carbocycles. The van der Waals surface area contributed by atoms with Crippen LogP contribution in [0.4, 0.5) is 0 Å². The zero-order chi connectivity index (χ0) is 9.52. The molecule has 0 amide bonds. The summed E-state index contributed by atoms with van der Waals surface area (Å²) < 4.78 is 0. The van der Waals surface area contributed by atoms with Gasteiger partial charge in [-0.05, 0) is 24.3 Å². The molecule has 2 N–H and O–H groups in total. The van der Waals surface area contributed by atoms with Gasteiger partial charge in [-0.25, -0.2) is 0 Å².